The highest BCUT2D eigenvalue weighted by Crippen LogP contribution is 2.30. The lowest BCUT2D eigenvalue weighted by atomic mass is 10.1. The molecule has 0 saturated carbocycles. The van der Waals surface area contributed by atoms with Crippen LogP contribution in [-0.4, -0.2) is 43.2 Å². The molecule has 0 saturated heterocycles. The number of aromatic nitrogens is 2. The van der Waals surface area contributed by atoms with Crippen LogP contribution in [0, 0.1) is 0 Å². The monoisotopic (exact) mass is 343 g/mol. The maximum atomic E-state index is 12.5. The quantitative estimate of drug-likeness (QED) is 0.768. The van der Waals surface area contributed by atoms with Crippen molar-refractivity contribution >= 4 is 5.91 Å². The van der Waals surface area contributed by atoms with Crippen LogP contribution >= 0.6 is 0 Å². The molecule has 2 rings (SSSR count). The lowest BCUT2D eigenvalue weighted by Gasteiger charge is -2.06. The van der Waals surface area contributed by atoms with Crippen LogP contribution in [0.3, 0.4) is 0 Å². The molecule has 1 amide bonds. The molecule has 0 unspecified atom stereocenters. The van der Waals surface area contributed by atoms with E-state index in [-0.39, 0.29) is 11.7 Å². The van der Waals surface area contributed by atoms with Gasteiger partial charge < -0.3 is 14.7 Å². The number of amides is 1. The van der Waals surface area contributed by atoms with E-state index in [0.29, 0.717) is 12.1 Å². The molecule has 6 nitrogen and oxygen atoms in total. The van der Waals surface area contributed by atoms with E-state index in [1.807, 2.05) is 14.1 Å². The Morgan fingerprint density at radius 2 is 1.92 bits per heavy atom. The van der Waals surface area contributed by atoms with Crippen molar-refractivity contribution in [2.75, 3.05) is 27.2 Å². The summed E-state index contributed by atoms with van der Waals surface area (Å²) in [6.07, 6.45) is -3.61. The fraction of sp³-hybridized carbons (Fsp3) is 0.400. The van der Waals surface area contributed by atoms with Gasteiger partial charge in [0.1, 0.15) is 0 Å². The number of hydrogen-bond donors (Lipinski definition) is 2. The predicted molar refractivity (Wildman–Crippen MR) is 79.4 cm³/mol. The van der Waals surface area contributed by atoms with Crippen molar-refractivity contribution in [1.82, 2.24) is 15.5 Å². The predicted octanol–water partition coefficient (Wildman–Crippen LogP) is 1.02. The number of carbonyl (C=O) groups is 1. The number of quaternary nitrogens is 1. The molecule has 0 radical (unpaired) electrons. The van der Waals surface area contributed by atoms with E-state index in [2.05, 4.69) is 15.5 Å². The van der Waals surface area contributed by atoms with Gasteiger partial charge in [0.05, 0.1) is 26.2 Å². The average Bonchev–Trinajstić information content (AvgIpc) is 3.00. The van der Waals surface area contributed by atoms with Crippen LogP contribution in [0.2, 0.25) is 0 Å². The highest BCUT2D eigenvalue weighted by atomic mass is 19.4. The highest BCUT2D eigenvalue weighted by Gasteiger charge is 2.30. The zero-order chi connectivity index (χ0) is 17.7. The van der Waals surface area contributed by atoms with Crippen molar-refractivity contribution in [2.45, 2.75) is 12.6 Å². The Hall–Kier alpha value is -2.42. The smallest absolute Gasteiger partial charge is 0.348 e. The van der Waals surface area contributed by atoms with Gasteiger partial charge in [-0.2, -0.15) is 18.2 Å². The summed E-state index contributed by atoms with van der Waals surface area (Å²) >= 11 is 0. The van der Waals surface area contributed by atoms with Crippen LogP contribution in [0.15, 0.2) is 28.8 Å². The van der Waals surface area contributed by atoms with Crippen LogP contribution in [-0.2, 0) is 6.18 Å². The molecule has 0 atom stereocenters. The second-order valence-corrected chi connectivity index (χ2v) is 5.56. The third-order valence-electron chi connectivity index (χ3n) is 3.23. The van der Waals surface area contributed by atoms with Gasteiger partial charge in [0.2, 0.25) is 5.82 Å². The van der Waals surface area contributed by atoms with E-state index in [0.717, 1.165) is 25.1 Å². The number of halogens is 3. The number of carbonyl (C=O) groups excluding carboxylic acids is 1. The van der Waals surface area contributed by atoms with E-state index in [1.54, 1.807) is 0 Å². The fourth-order valence-electron chi connectivity index (χ4n) is 1.96. The van der Waals surface area contributed by atoms with Gasteiger partial charge in [-0.05, 0) is 12.1 Å². The fourth-order valence-corrected chi connectivity index (χ4v) is 1.96. The molecule has 0 aliphatic rings. The van der Waals surface area contributed by atoms with E-state index in [9.17, 15) is 18.0 Å². The van der Waals surface area contributed by atoms with Gasteiger partial charge in [-0.25, -0.2) is 0 Å². The third kappa shape index (κ3) is 4.79. The first-order valence-corrected chi connectivity index (χ1v) is 7.36. The molecular weight excluding hydrogens is 325 g/mol. The van der Waals surface area contributed by atoms with Crippen molar-refractivity contribution in [3.05, 3.63) is 35.7 Å². The topological polar surface area (TPSA) is 72.5 Å². The van der Waals surface area contributed by atoms with Crippen molar-refractivity contribution in [3.8, 4) is 11.4 Å². The van der Waals surface area contributed by atoms with Crippen molar-refractivity contribution in [2.24, 2.45) is 0 Å². The van der Waals surface area contributed by atoms with Crippen LogP contribution in [0.5, 0.6) is 0 Å². The highest BCUT2D eigenvalue weighted by molar-refractivity contribution is 5.89. The largest absolute Gasteiger partial charge is 0.416 e. The number of benzene rings is 1. The Morgan fingerprint density at radius 3 is 2.50 bits per heavy atom. The summed E-state index contributed by atoms with van der Waals surface area (Å²) in [5, 5.41) is 6.27. The van der Waals surface area contributed by atoms with Gasteiger partial charge in [-0.15, -0.1) is 0 Å². The molecular formula is C15H18F3N4O2+. The summed E-state index contributed by atoms with van der Waals surface area (Å²) in [6.45, 7) is 1.38. The lowest BCUT2D eigenvalue weighted by molar-refractivity contribution is -0.858. The number of rotatable bonds is 6. The van der Waals surface area contributed by atoms with E-state index < -0.39 is 17.6 Å². The minimum Gasteiger partial charge on any atom is -0.348 e. The lowest BCUT2D eigenvalue weighted by Crippen LogP contribution is -3.05. The first-order valence-electron chi connectivity index (χ1n) is 7.36. The standard InChI is InChI=1S/C15H17F3N4O2/c1-22(2)9-3-8-19-13(23)14-20-12(21-24-14)10-4-6-11(7-5-10)15(16,17)18/h4-7H,3,8-9H2,1-2H3,(H,19,23)/p+1. The van der Waals surface area contributed by atoms with Crippen LogP contribution in [0.25, 0.3) is 11.4 Å². The molecule has 1 aromatic carbocycles. The van der Waals surface area contributed by atoms with E-state index in [4.69, 9.17) is 4.52 Å². The number of nitrogens with one attached hydrogen (secondary N) is 2. The Morgan fingerprint density at radius 1 is 1.25 bits per heavy atom. The van der Waals surface area contributed by atoms with Gasteiger partial charge in [0.15, 0.2) is 0 Å². The second-order valence-electron chi connectivity index (χ2n) is 5.56. The molecule has 2 N–H and O–H groups in total. The zero-order valence-corrected chi connectivity index (χ0v) is 13.3. The number of nitrogens with zero attached hydrogens (tertiary/aromatic N) is 2. The zero-order valence-electron chi connectivity index (χ0n) is 13.3. The van der Waals surface area contributed by atoms with Gasteiger partial charge in [0, 0.05) is 18.5 Å². The third-order valence-corrected chi connectivity index (χ3v) is 3.23. The molecule has 0 fully saturated rings. The molecule has 1 heterocycles. The summed E-state index contributed by atoms with van der Waals surface area (Å²) < 4.78 is 42.4. The Labute approximate surface area is 136 Å². The summed E-state index contributed by atoms with van der Waals surface area (Å²) in [6, 6.07) is 4.31. The van der Waals surface area contributed by atoms with Crippen LogP contribution < -0.4 is 10.2 Å². The molecule has 0 spiro atoms. The van der Waals surface area contributed by atoms with Crippen LogP contribution in [0.4, 0.5) is 13.2 Å². The van der Waals surface area contributed by atoms with Crippen molar-refractivity contribution < 1.29 is 27.4 Å². The van der Waals surface area contributed by atoms with Gasteiger partial charge in [0.25, 0.3) is 0 Å². The SMILES string of the molecule is C[NH+](C)CCCNC(=O)c1nc(-c2ccc(C(F)(F)F)cc2)no1. The summed E-state index contributed by atoms with van der Waals surface area (Å²) in [4.78, 5) is 17.0. The van der Waals surface area contributed by atoms with Gasteiger partial charge in [-0.1, -0.05) is 17.3 Å². The van der Waals surface area contributed by atoms with Gasteiger partial charge >= 0.3 is 18.0 Å². The Kier molecular flexibility index (Phi) is 5.55. The van der Waals surface area contributed by atoms with Crippen LogP contribution in [0.1, 0.15) is 22.7 Å². The average molecular weight is 343 g/mol. The maximum Gasteiger partial charge on any atom is 0.416 e. The molecule has 2 aromatic rings. The summed E-state index contributed by atoms with van der Waals surface area (Å²) in [5.41, 5.74) is -0.433. The second kappa shape index (κ2) is 7.43. The van der Waals surface area contributed by atoms with Crippen molar-refractivity contribution in [1.29, 1.82) is 0 Å². The van der Waals surface area contributed by atoms with Crippen molar-refractivity contribution in [3.63, 3.8) is 0 Å². The molecule has 130 valence electrons. The minimum absolute atomic E-state index is 0.0617. The Balaban J connectivity index is 1.98. The molecule has 0 bridgehead atoms. The molecule has 1 aromatic heterocycles. The number of hydrogen-bond acceptors (Lipinski definition) is 4. The maximum absolute atomic E-state index is 12.5. The first kappa shape index (κ1) is 17.9. The van der Waals surface area contributed by atoms with E-state index >= 15 is 0 Å². The normalized spacial score (nSPS) is 11.8. The Bertz CT molecular complexity index is 681. The molecule has 9 heteroatoms. The molecule has 0 aliphatic carbocycles. The summed E-state index contributed by atoms with van der Waals surface area (Å²) in [7, 11) is 4.02. The minimum atomic E-state index is -4.41. The van der Waals surface area contributed by atoms with Gasteiger partial charge in [-0.3, -0.25) is 4.79 Å². The first-order chi connectivity index (χ1) is 11.3. The molecule has 24 heavy (non-hydrogen) atoms. The molecule has 0 aliphatic heterocycles. The number of alkyl halides is 3. The van der Waals surface area contributed by atoms with E-state index in [1.165, 1.54) is 17.0 Å². The summed E-state index contributed by atoms with van der Waals surface area (Å²) in [5.74, 6) is -0.664.